The second-order valence-electron chi connectivity index (χ2n) is 7.13. The van der Waals surface area contributed by atoms with E-state index in [2.05, 4.69) is 10.6 Å². The molecule has 0 aliphatic carbocycles. The van der Waals surface area contributed by atoms with E-state index in [1.807, 2.05) is 49.4 Å². The first-order chi connectivity index (χ1) is 13.5. The molecule has 6 nitrogen and oxygen atoms in total. The molecule has 0 bridgehead atoms. The average molecular weight is 373 g/mol. The molecular formula is C22H19N3O3. The molecule has 0 saturated carbocycles. The van der Waals surface area contributed by atoms with E-state index in [0.29, 0.717) is 17.4 Å². The van der Waals surface area contributed by atoms with E-state index in [0.717, 1.165) is 34.0 Å². The Morgan fingerprint density at radius 2 is 1.68 bits per heavy atom. The van der Waals surface area contributed by atoms with Crippen LogP contribution in [0.2, 0.25) is 0 Å². The van der Waals surface area contributed by atoms with Gasteiger partial charge >= 0.3 is 5.69 Å². The maximum absolute atomic E-state index is 13.1. The van der Waals surface area contributed by atoms with Gasteiger partial charge in [0, 0.05) is 26.2 Å². The Morgan fingerprint density at radius 3 is 2.36 bits per heavy atom. The average Bonchev–Trinajstić information content (AvgIpc) is 3.39. The van der Waals surface area contributed by atoms with Gasteiger partial charge < -0.3 is 8.98 Å². The molecule has 0 spiro atoms. The van der Waals surface area contributed by atoms with E-state index in [-0.39, 0.29) is 11.2 Å². The lowest BCUT2D eigenvalue weighted by Gasteiger charge is -2.07. The Balaban J connectivity index is 1.97. The van der Waals surface area contributed by atoms with Crippen molar-refractivity contribution in [2.75, 3.05) is 0 Å². The highest BCUT2D eigenvalue weighted by Crippen LogP contribution is 2.40. The molecular weight excluding hydrogens is 354 g/mol. The van der Waals surface area contributed by atoms with E-state index in [1.54, 1.807) is 11.6 Å². The van der Waals surface area contributed by atoms with E-state index in [4.69, 9.17) is 4.42 Å². The van der Waals surface area contributed by atoms with Crippen molar-refractivity contribution in [3.63, 3.8) is 0 Å². The maximum Gasteiger partial charge on any atom is 0.331 e. The van der Waals surface area contributed by atoms with Gasteiger partial charge in [-0.2, -0.15) is 0 Å². The van der Waals surface area contributed by atoms with Crippen molar-refractivity contribution < 1.29 is 4.42 Å². The molecule has 6 heteroatoms. The number of aromatic nitrogens is 3. The van der Waals surface area contributed by atoms with Gasteiger partial charge in [-0.1, -0.05) is 36.4 Å². The second kappa shape index (κ2) is 5.73. The van der Waals surface area contributed by atoms with Crippen LogP contribution in [0.3, 0.4) is 0 Å². The monoisotopic (exact) mass is 373 g/mol. The molecule has 3 aromatic heterocycles. The summed E-state index contributed by atoms with van der Waals surface area (Å²) in [7, 11) is 3.23. The first-order valence-corrected chi connectivity index (χ1v) is 9.14. The molecule has 0 amide bonds. The van der Waals surface area contributed by atoms with Crippen LogP contribution >= 0.6 is 0 Å². The summed E-state index contributed by atoms with van der Waals surface area (Å²) in [6.45, 7) is 2.51. The summed E-state index contributed by atoms with van der Waals surface area (Å²) in [4.78, 5) is 25.8. The molecule has 1 aliphatic rings. The van der Waals surface area contributed by atoms with Crippen LogP contribution < -0.4 is 11.2 Å². The molecule has 1 aliphatic heterocycles. The molecule has 1 aromatic carbocycles. The molecule has 0 N–H and O–H groups in total. The number of furan rings is 1. The van der Waals surface area contributed by atoms with E-state index in [9.17, 15) is 9.59 Å². The highest BCUT2D eigenvalue weighted by molar-refractivity contribution is 6.03. The summed E-state index contributed by atoms with van der Waals surface area (Å²) in [5.74, 6) is 1.56. The number of aryl methyl sites for hydroxylation is 2. The Labute approximate surface area is 160 Å². The zero-order valence-corrected chi connectivity index (χ0v) is 15.9. The van der Waals surface area contributed by atoms with Crippen LogP contribution in [0, 0.1) is 6.92 Å². The molecule has 0 atom stereocenters. The smallest absolute Gasteiger partial charge is 0.331 e. The number of hydrogen-bond donors (Lipinski definition) is 0. The molecule has 0 saturated heterocycles. The number of fused-ring (bicyclic) bond motifs is 3. The van der Waals surface area contributed by atoms with Crippen LogP contribution in [0.25, 0.3) is 27.7 Å². The normalized spacial score (nSPS) is 13.2. The van der Waals surface area contributed by atoms with Gasteiger partial charge in [-0.25, -0.2) is 4.79 Å². The summed E-state index contributed by atoms with van der Waals surface area (Å²) in [6, 6.07) is 13.7. The topological polar surface area (TPSA) is 62.1 Å². The van der Waals surface area contributed by atoms with Crippen molar-refractivity contribution in [2.45, 2.75) is 13.5 Å². The number of rotatable bonds is 2. The summed E-state index contributed by atoms with van der Waals surface area (Å²) in [6.07, 6.45) is 2.08. The minimum absolute atomic E-state index is 0.283. The highest BCUT2D eigenvalue weighted by Gasteiger charge is 2.30. The third-order valence-electron chi connectivity index (χ3n) is 5.45. The molecule has 28 heavy (non-hydrogen) atoms. The fourth-order valence-electron chi connectivity index (χ4n) is 4.14. The van der Waals surface area contributed by atoms with Crippen molar-refractivity contribution in [1.82, 2.24) is 13.7 Å². The molecule has 0 fully saturated rings. The van der Waals surface area contributed by atoms with Crippen molar-refractivity contribution in [2.24, 2.45) is 14.1 Å². The molecule has 4 heterocycles. The summed E-state index contributed by atoms with van der Waals surface area (Å²) in [5, 5.41) is 0.555. The van der Waals surface area contributed by atoms with Crippen LogP contribution in [0.5, 0.6) is 0 Å². The van der Waals surface area contributed by atoms with Crippen LogP contribution in [0.1, 0.15) is 17.2 Å². The van der Waals surface area contributed by atoms with E-state index >= 15 is 0 Å². The highest BCUT2D eigenvalue weighted by atomic mass is 16.3. The van der Waals surface area contributed by atoms with Gasteiger partial charge in [0.1, 0.15) is 11.5 Å². The van der Waals surface area contributed by atoms with Gasteiger partial charge in [0.2, 0.25) is 0 Å². The van der Waals surface area contributed by atoms with Crippen LogP contribution in [0.15, 0.2) is 62.5 Å². The predicted molar refractivity (Wildman–Crippen MR) is 108 cm³/mol. The van der Waals surface area contributed by atoms with Crippen LogP contribution in [0.4, 0.5) is 0 Å². The Kier molecular flexibility index (Phi) is 3.40. The summed E-state index contributed by atoms with van der Waals surface area (Å²) >= 11 is 0. The quantitative estimate of drug-likeness (QED) is 0.543. The number of benzene rings is 1. The minimum Gasteiger partial charge on any atom is -0.461 e. The Bertz CT molecular complexity index is 1400. The van der Waals surface area contributed by atoms with Gasteiger partial charge in [0.05, 0.1) is 22.3 Å². The van der Waals surface area contributed by atoms with Gasteiger partial charge in [-0.3, -0.25) is 13.9 Å². The summed E-state index contributed by atoms with van der Waals surface area (Å²) < 4.78 is 10.7. The van der Waals surface area contributed by atoms with E-state index in [1.165, 1.54) is 11.6 Å². The number of nitrogens with zero attached hydrogens (tertiary/aromatic N) is 3. The summed E-state index contributed by atoms with van der Waals surface area (Å²) in [5.41, 5.74) is 3.55. The fourth-order valence-corrected chi connectivity index (χ4v) is 4.14. The Hall–Kier alpha value is -3.54. The van der Waals surface area contributed by atoms with Crippen LogP contribution in [-0.4, -0.2) is 13.7 Å². The van der Waals surface area contributed by atoms with Gasteiger partial charge in [0.15, 0.2) is 0 Å². The lowest BCUT2D eigenvalue weighted by molar-refractivity contribution is 0.522. The van der Waals surface area contributed by atoms with E-state index < -0.39 is 0 Å². The van der Waals surface area contributed by atoms with Crippen molar-refractivity contribution >= 4 is 16.5 Å². The lowest BCUT2D eigenvalue weighted by Crippen LogP contribution is -2.36. The van der Waals surface area contributed by atoms with Crippen molar-refractivity contribution in [3.05, 3.63) is 86.6 Å². The largest absolute Gasteiger partial charge is 0.461 e. The van der Waals surface area contributed by atoms with Crippen molar-refractivity contribution in [3.8, 4) is 11.3 Å². The van der Waals surface area contributed by atoms with Gasteiger partial charge in [-0.05, 0) is 24.6 Å². The third kappa shape index (κ3) is 2.08. The molecule has 140 valence electrons. The first-order valence-electron chi connectivity index (χ1n) is 9.14. The van der Waals surface area contributed by atoms with Crippen molar-refractivity contribution in [1.29, 1.82) is 0 Å². The minimum atomic E-state index is -0.340. The number of allylic oxidation sites excluding steroid dienone is 1. The molecule has 4 aromatic rings. The number of hydrogen-bond acceptors (Lipinski definition) is 3. The van der Waals surface area contributed by atoms with Crippen LogP contribution in [-0.2, 0) is 20.6 Å². The SMILES string of the molecule is Cc1ccc(C2=CCn3c(-c4ccccc4)c4c(=O)n(C)c(=O)n(C)c4c32)o1. The van der Waals surface area contributed by atoms with Gasteiger partial charge in [-0.15, -0.1) is 0 Å². The standard InChI is InChI=1S/C22H19N3O3/c1-13-9-10-16(28-13)15-11-12-25-18(14-7-5-4-6-8-14)17-20(19(15)25)23(2)22(27)24(3)21(17)26/h4-11H,12H2,1-3H3. The predicted octanol–water partition coefficient (Wildman–Crippen LogP) is 3.05. The molecule has 5 rings (SSSR count). The molecule has 0 unspecified atom stereocenters. The van der Waals surface area contributed by atoms with Gasteiger partial charge in [0.25, 0.3) is 5.56 Å². The zero-order chi connectivity index (χ0) is 19.6. The fraction of sp³-hybridized carbons (Fsp3) is 0.182. The maximum atomic E-state index is 13.1. The second-order valence-corrected chi connectivity index (χ2v) is 7.13. The first kappa shape index (κ1) is 16.6. The lowest BCUT2D eigenvalue weighted by atomic mass is 10.1. The zero-order valence-electron chi connectivity index (χ0n) is 15.9. The third-order valence-corrected chi connectivity index (χ3v) is 5.45. The Morgan fingerprint density at radius 1 is 0.929 bits per heavy atom. The molecule has 0 radical (unpaired) electrons.